The molecule has 0 spiro atoms. The fourth-order valence-corrected chi connectivity index (χ4v) is 5.68. The highest BCUT2D eigenvalue weighted by atomic mass is 79.9. The summed E-state index contributed by atoms with van der Waals surface area (Å²) in [5.41, 5.74) is 1.02. The number of hydrogen-bond donors (Lipinski definition) is 1. The molecule has 0 radical (unpaired) electrons. The van der Waals surface area contributed by atoms with Crippen molar-refractivity contribution in [3.63, 3.8) is 0 Å². The topological polar surface area (TPSA) is 96.0 Å². The Hall–Kier alpha value is -3.37. The summed E-state index contributed by atoms with van der Waals surface area (Å²) in [5.74, 6) is -0.528. The first-order valence-corrected chi connectivity index (χ1v) is 14.9. The predicted molar refractivity (Wildman–Crippen MR) is 156 cm³/mol. The minimum absolute atomic E-state index is 0.0357. The van der Waals surface area contributed by atoms with Crippen molar-refractivity contribution in [2.45, 2.75) is 44.2 Å². The second-order valence-corrected chi connectivity index (χ2v) is 11.7. The highest BCUT2D eigenvalue weighted by Crippen LogP contribution is 2.32. The molecule has 0 aliphatic rings. The summed E-state index contributed by atoms with van der Waals surface area (Å²) in [4.78, 5) is 28.4. The number of amides is 2. The third kappa shape index (κ3) is 7.83. The second-order valence-electron chi connectivity index (χ2n) is 8.97. The van der Waals surface area contributed by atoms with Crippen LogP contribution in [0.4, 0.5) is 5.69 Å². The zero-order valence-corrected chi connectivity index (χ0v) is 24.7. The number of anilines is 1. The van der Waals surface area contributed by atoms with Crippen LogP contribution in [0.1, 0.15) is 32.3 Å². The van der Waals surface area contributed by atoms with E-state index in [0.29, 0.717) is 12.3 Å². The molecule has 0 heterocycles. The van der Waals surface area contributed by atoms with E-state index in [2.05, 4.69) is 21.2 Å². The van der Waals surface area contributed by atoms with Crippen LogP contribution in [-0.2, 0) is 26.2 Å². The lowest BCUT2D eigenvalue weighted by atomic mass is 10.1. The van der Waals surface area contributed by atoms with Gasteiger partial charge in [0, 0.05) is 17.6 Å². The van der Waals surface area contributed by atoms with E-state index in [1.165, 1.54) is 24.1 Å². The zero-order chi connectivity index (χ0) is 28.4. The fourth-order valence-electron chi connectivity index (χ4n) is 3.97. The number of para-hydroxylation sites is 2. The van der Waals surface area contributed by atoms with Gasteiger partial charge in [-0.15, -0.1) is 0 Å². The molecule has 0 aliphatic carbocycles. The first-order valence-electron chi connectivity index (χ1n) is 12.7. The molecule has 3 aromatic rings. The summed E-state index contributed by atoms with van der Waals surface area (Å²) in [5, 5.41) is 2.88. The Kier molecular flexibility index (Phi) is 10.9. The Morgan fingerprint density at radius 1 is 0.974 bits per heavy atom. The highest BCUT2D eigenvalue weighted by molar-refractivity contribution is 9.10. The molecule has 1 atom stereocenters. The van der Waals surface area contributed by atoms with Crippen molar-refractivity contribution < 1.29 is 22.7 Å². The number of nitrogens with zero attached hydrogens (tertiary/aromatic N) is 2. The lowest BCUT2D eigenvalue weighted by Crippen LogP contribution is -2.51. The Bertz CT molecular complexity index is 1350. The summed E-state index contributed by atoms with van der Waals surface area (Å²) < 4.78 is 35.1. The quantitative estimate of drug-likeness (QED) is 0.273. The average molecular weight is 617 g/mol. The van der Waals surface area contributed by atoms with Crippen LogP contribution >= 0.6 is 15.9 Å². The summed E-state index contributed by atoms with van der Waals surface area (Å²) in [6.45, 7) is 3.77. The molecule has 3 rings (SSSR count). The van der Waals surface area contributed by atoms with Crippen LogP contribution in [0.25, 0.3) is 0 Å². The number of methoxy groups -OCH3 is 1. The number of nitrogens with one attached hydrogen (secondary N) is 1. The molecule has 2 amide bonds. The summed E-state index contributed by atoms with van der Waals surface area (Å²) in [6.07, 6.45) is 1.73. The molecular formula is C29H34BrN3O5S. The first kappa shape index (κ1) is 30.2. The molecule has 208 valence electrons. The van der Waals surface area contributed by atoms with Gasteiger partial charge in [-0.1, -0.05) is 71.7 Å². The third-order valence-electron chi connectivity index (χ3n) is 6.23. The van der Waals surface area contributed by atoms with Crippen molar-refractivity contribution in [2.75, 3.05) is 24.5 Å². The van der Waals surface area contributed by atoms with Crippen molar-refractivity contribution in [1.29, 1.82) is 0 Å². The van der Waals surface area contributed by atoms with Crippen LogP contribution in [0.2, 0.25) is 0 Å². The Morgan fingerprint density at radius 3 is 2.26 bits per heavy atom. The molecule has 10 heteroatoms. The number of rotatable bonds is 13. The van der Waals surface area contributed by atoms with Crippen LogP contribution in [0.15, 0.2) is 88.2 Å². The van der Waals surface area contributed by atoms with Crippen molar-refractivity contribution in [1.82, 2.24) is 10.2 Å². The van der Waals surface area contributed by atoms with Crippen molar-refractivity contribution in [3.8, 4) is 5.75 Å². The summed E-state index contributed by atoms with van der Waals surface area (Å²) in [7, 11) is -2.72. The lowest BCUT2D eigenvalue weighted by molar-refractivity contribution is -0.139. The number of ether oxygens (including phenoxy) is 1. The second kappa shape index (κ2) is 14.1. The van der Waals surface area contributed by atoms with Crippen LogP contribution in [-0.4, -0.2) is 51.4 Å². The van der Waals surface area contributed by atoms with Crippen LogP contribution in [0.3, 0.4) is 0 Å². The Morgan fingerprint density at radius 2 is 1.62 bits per heavy atom. The van der Waals surface area contributed by atoms with E-state index in [1.54, 1.807) is 49.4 Å². The van der Waals surface area contributed by atoms with E-state index >= 15 is 0 Å². The molecule has 0 saturated carbocycles. The number of hydrogen-bond acceptors (Lipinski definition) is 5. The van der Waals surface area contributed by atoms with E-state index in [9.17, 15) is 18.0 Å². The maximum atomic E-state index is 13.9. The molecule has 0 aliphatic heterocycles. The van der Waals surface area contributed by atoms with Crippen molar-refractivity contribution in [3.05, 3.63) is 88.9 Å². The number of halogens is 1. The number of carbonyl (C=O) groups is 2. The molecule has 0 bridgehead atoms. The lowest BCUT2D eigenvalue weighted by Gasteiger charge is -2.32. The van der Waals surface area contributed by atoms with Gasteiger partial charge in [-0.2, -0.15) is 0 Å². The molecular weight excluding hydrogens is 582 g/mol. The van der Waals surface area contributed by atoms with E-state index in [4.69, 9.17) is 4.74 Å². The van der Waals surface area contributed by atoms with E-state index in [-0.39, 0.29) is 23.0 Å². The zero-order valence-electron chi connectivity index (χ0n) is 22.3. The van der Waals surface area contributed by atoms with Crippen LogP contribution < -0.4 is 14.4 Å². The largest absolute Gasteiger partial charge is 0.495 e. The van der Waals surface area contributed by atoms with Gasteiger partial charge in [-0.3, -0.25) is 13.9 Å². The number of benzene rings is 3. The van der Waals surface area contributed by atoms with Gasteiger partial charge >= 0.3 is 0 Å². The Labute approximate surface area is 239 Å². The molecule has 1 unspecified atom stereocenters. The van der Waals surface area contributed by atoms with Gasteiger partial charge in [0.25, 0.3) is 10.0 Å². The minimum atomic E-state index is -4.16. The summed E-state index contributed by atoms with van der Waals surface area (Å²) >= 11 is 3.41. The van der Waals surface area contributed by atoms with Crippen molar-refractivity contribution in [2.24, 2.45) is 0 Å². The average Bonchev–Trinajstić information content (AvgIpc) is 2.95. The van der Waals surface area contributed by atoms with Gasteiger partial charge in [0.15, 0.2) is 0 Å². The Balaban J connectivity index is 2.02. The van der Waals surface area contributed by atoms with Gasteiger partial charge in [0.1, 0.15) is 18.3 Å². The maximum Gasteiger partial charge on any atom is 0.264 e. The van der Waals surface area contributed by atoms with E-state index in [1.807, 2.05) is 31.2 Å². The first-order chi connectivity index (χ1) is 18.7. The number of carbonyl (C=O) groups excluding carboxylic acids is 2. The van der Waals surface area contributed by atoms with Crippen LogP contribution in [0, 0.1) is 0 Å². The molecule has 0 saturated heterocycles. The SMILES string of the molecule is CCCCNC(=O)C(C)N(Cc1ccc(Br)cc1)C(=O)CN(c1ccccc1OC)S(=O)(=O)c1ccccc1. The van der Waals surface area contributed by atoms with Gasteiger partial charge in [-0.25, -0.2) is 8.42 Å². The highest BCUT2D eigenvalue weighted by Gasteiger charge is 2.33. The van der Waals surface area contributed by atoms with Crippen LogP contribution in [0.5, 0.6) is 5.75 Å². The standard InChI is InChI=1S/C29H34BrN3O5S/c1-4-5-19-31-29(35)22(2)32(20-23-15-17-24(30)18-16-23)28(34)21-33(26-13-9-10-14-27(26)38-3)39(36,37)25-11-7-6-8-12-25/h6-18,22H,4-5,19-21H2,1-3H3,(H,31,35). The fraction of sp³-hybridized carbons (Fsp3) is 0.310. The summed E-state index contributed by atoms with van der Waals surface area (Å²) in [6, 6.07) is 21.1. The van der Waals surface area contributed by atoms with Gasteiger partial charge < -0.3 is 15.0 Å². The normalized spacial score (nSPS) is 11.9. The van der Waals surface area contributed by atoms with Gasteiger partial charge in [0.2, 0.25) is 11.8 Å². The molecule has 1 N–H and O–H groups in total. The monoisotopic (exact) mass is 615 g/mol. The smallest absolute Gasteiger partial charge is 0.264 e. The third-order valence-corrected chi connectivity index (χ3v) is 8.53. The maximum absolute atomic E-state index is 13.9. The number of sulfonamides is 1. The molecule has 8 nitrogen and oxygen atoms in total. The molecule has 3 aromatic carbocycles. The minimum Gasteiger partial charge on any atom is -0.495 e. The molecule has 0 fully saturated rings. The van der Waals surface area contributed by atoms with E-state index in [0.717, 1.165) is 27.2 Å². The van der Waals surface area contributed by atoms with Gasteiger partial charge in [-0.05, 0) is 55.3 Å². The number of unbranched alkanes of at least 4 members (excludes halogenated alkanes) is 1. The predicted octanol–water partition coefficient (Wildman–Crippen LogP) is 4.99. The van der Waals surface area contributed by atoms with Gasteiger partial charge in [0.05, 0.1) is 17.7 Å². The molecule has 0 aromatic heterocycles. The molecule has 39 heavy (non-hydrogen) atoms. The van der Waals surface area contributed by atoms with Crippen molar-refractivity contribution >= 4 is 43.5 Å². The van der Waals surface area contributed by atoms with E-state index < -0.39 is 28.5 Å².